The van der Waals surface area contributed by atoms with E-state index in [4.69, 9.17) is 4.74 Å². The Balaban J connectivity index is 1.09. The average molecular weight is 358 g/mol. The highest BCUT2D eigenvalue weighted by Gasteiger charge is 2.38. The van der Waals surface area contributed by atoms with Gasteiger partial charge in [0.25, 0.3) is 0 Å². The maximum Gasteiger partial charge on any atom is 0.167 e. The summed E-state index contributed by atoms with van der Waals surface area (Å²) in [5.74, 6) is 0.234. The van der Waals surface area contributed by atoms with Gasteiger partial charge in [0, 0.05) is 44.2 Å². The largest absolute Gasteiger partial charge is 0.489 e. The van der Waals surface area contributed by atoms with Crippen LogP contribution in [0.15, 0.2) is 48.5 Å². The lowest BCUT2D eigenvalue weighted by Crippen LogP contribution is -2.52. The molecular formula is C21H24F2N2O. The summed E-state index contributed by atoms with van der Waals surface area (Å²) in [6, 6.07) is 14.7. The summed E-state index contributed by atoms with van der Waals surface area (Å²) in [4.78, 5) is 2.30. The van der Waals surface area contributed by atoms with E-state index in [1.807, 2.05) is 0 Å². The minimum absolute atomic E-state index is 0.117. The summed E-state index contributed by atoms with van der Waals surface area (Å²) in [5, 5.41) is 3.68. The molecule has 2 aliphatic rings. The Morgan fingerprint density at radius 1 is 1.08 bits per heavy atom. The van der Waals surface area contributed by atoms with Crippen molar-refractivity contribution in [2.75, 3.05) is 32.8 Å². The van der Waals surface area contributed by atoms with Crippen LogP contribution in [0.3, 0.4) is 0 Å². The summed E-state index contributed by atoms with van der Waals surface area (Å²) < 4.78 is 31.7. The molecule has 2 aromatic rings. The first-order valence-corrected chi connectivity index (χ1v) is 9.27. The third-order valence-electron chi connectivity index (χ3n) is 5.28. The van der Waals surface area contributed by atoms with Crippen LogP contribution in [0.25, 0.3) is 0 Å². The zero-order valence-corrected chi connectivity index (χ0v) is 14.7. The maximum atomic E-state index is 13.5. The lowest BCUT2D eigenvalue weighted by Gasteiger charge is -2.39. The summed E-state index contributed by atoms with van der Waals surface area (Å²) >= 11 is 0. The molecule has 1 N–H and O–H groups in total. The molecule has 0 spiro atoms. The van der Waals surface area contributed by atoms with E-state index in [1.165, 1.54) is 24.1 Å². The number of nitrogens with zero attached hydrogens (tertiary/aromatic N) is 1. The Hall–Kier alpha value is -1.98. The number of rotatable bonds is 8. The molecule has 0 amide bonds. The van der Waals surface area contributed by atoms with Crippen LogP contribution in [0, 0.1) is 17.6 Å². The molecule has 4 rings (SSSR count). The lowest BCUT2D eigenvalue weighted by atomic mass is 10.0. The van der Waals surface area contributed by atoms with E-state index in [0.717, 1.165) is 32.2 Å². The van der Waals surface area contributed by atoms with Crippen molar-refractivity contribution in [1.29, 1.82) is 0 Å². The second kappa shape index (κ2) is 7.72. The van der Waals surface area contributed by atoms with E-state index in [2.05, 4.69) is 40.5 Å². The van der Waals surface area contributed by atoms with Gasteiger partial charge >= 0.3 is 0 Å². The SMILES string of the molecule is Fc1ccc(OCCN2CC(CNC3C[C@H]3c3ccccc3)C2)c(F)c1. The predicted octanol–water partition coefficient (Wildman–Crippen LogP) is 3.42. The van der Waals surface area contributed by atoms with Gasteiger partial charge in [-0.2, -0.15) is 0 Å². The first kappa shape index (κ1) is 17.4. The smallest absolute Gasteiger partial charge is 0.167 e. The fraction of sp³-hybridized carbons (Fsp3) is 0.429. The summed E-state index contributed by atoms with van der Waals surface area (Å²) in [5.41, 5.74) is 1.44. The van der Waals surface area contributed by atoms with Crippen molar-refractivity contribution < 1.29 is 13.5 Å². The number of hydrogen-bond acceptors (Lipinski definition) is 3. The third kappa shape index (κ3) is 4.22. The average Bonchev–Trinajstić information content (AvgIpc) is 3.38. The van der Waals surface area contributed by atoms with Gasteiger partial charge in [0.1, 0.15) is 12.4 Å². The Bertz CT molecular complexity index is 734. The van der Waals surface area contributed by atoms with Gasteiger partial charge in [0.15, 0.2) is 11.6 Å². The standard InChI is InChI=1S/C21H24F2N2O/c22-17-6-7-21(19(23)10-17)26-9-8-25-13-15(14-25)12-24-20-11-18(20)16-4-2-1-3-5-16/h1-7,10,15,18,20,24H,8-9,11-14H2/t18-,20?/m0/s1. The van der Waals surface area contributed by atoms with Crippen LogP contribution in [-0.2, 0) is 0 Å². The minimum atomic E-state index is -0.645. The Labute approximate surface area is 153 Å². The van der Waals surface area contributed by atoms with Gasteiger partial charge in [-0.25, -0.2) is 8.78 Å². The fourth-order valence-corrected chi connectivity index (χ4v) is 3.67. The molecule has 138 valence electrons. The maximum absolute atomic E-state index is 13.5. The monoisotopic (exact) mass is 358 g/mol. The zero-order valence-electron chi connectivity index (χ0n) is 14.7. The molecule has 2 atom stereocenters. The van der Waals surface area contributed by atoms with Crippen LogP contribution in [0.5, 0.6) is 5.75 Å². The van der Waals surface area contributed by atoms with E-state index < -0.39 is 11.6 Å². The van der Waals surface area contributed by atoms with Gasteiger partial charge in [-0.1, -0.05) is 30.3 Å². The molecule has 1 unspecified atom stereocenters. The molecule has 2 fully saturated rings. The van der Waals surface area contributed by atoms with E-state index in [9.17, 15) is 8.78 Å². The van der Waals surface area contributed by atoms with Crippen molar-refractivity contribution in [3.63, 3.8) is 0 Å². The molecule has 1 saturated heterocycles. The first-order valence-electron chi connectivity index (χ1n) is 9.27. The molecule has 1 aliphatic heterocycles. The number of benzene rings is 2. The van der Waals surface area contributed by atoms with Gasteiger partial charge in [-0.3, -0.25) is 4.90 Å². The molecule has 2 aromatic carbocycles. The van der Waals surface area contributed by atoms with Crippen LogP contribution in [0.1, 0.15) is 17.9 Å². The van der Waals surface area contributed by atoms with Gasteiger partial charge in [0.05, 0.1) is 0 Å². The Kier molecular flexibility index (Phi) is 5.18. The summed E-state index contributed by atoms with van der Waals surface area (Å²) in [6.07, 6.45) is 1.23. The van der Waals surface area contributed by atoms with Crippen LogP contribution in [0.2, 0.25) is 0 Å². The van der Waals surface area contributed by atoms with Crippen LogP contribution in [-0.4, -0.2) is 43.7 Å². The van der Waals surface area contributed by atoms with Crippen molar-refractivity contribution in [3.05, 3.63) is 65.7 Å². The van der Waals surface area contributed by atoms with E-state index in [1.54, 1.807) is 0 Å². The van der Waals surface area contributed by atoms with E-state index >= 15 is 0 Å². The van der Waals surface area contributed by atoms with Gasteiger partial charge in [-0.15, -0.1) is 0 Å². The molecule has 3 nitrogen and oxygen atoms in total. The van der Waals surface area contributed by atoms with E-state index in [0.29, 0.717) is 24.5 Å². The van der Waals surface area contributed by atoms with Gasteiger partial charge in [-0.05, 0) is 30.0 Å². The van der Waals surface area contributed by atoms with Gasteiger partial charge in [0.2, 0.25) is 0 Å². The minimum Gasteiger partial charge on any atom is -0.489 e. The number of nitrogens with one attached hydrogen (secondary N) is 1. The highest BCUT2D eigenvalue weighted by molar-refractivity contribution is 5.27. The molecule has 0 bridgehead atoms. The highest BCUT2D eigenvalue weighted by Crippen LogP contribution is 2.40. The third-order valence-corrected chi connectivity index (χ3v) is 5.28. The van der Waals surface area contributed by atoms with Crippen molar-refractivity contribution in [1.82, 2.24) is 10.2 Å². The number of hydrogen-bond donors (Lipinski definition) is 1. The topological polar surface area (TPSA) is 24.5 Å². The molecule has 1 aliphatic carbocycles. The predicted molar refractivity (Wildman–Crippen MR) is 97.4 cm³/mol. The quantitative estimate of drug-likeness (QED) is 0.783. The molecule has 1 saturated carbocycles. The van der Waals surface area contributed by atoms with E-state index in [-0.39, 0.29) is 5.75 Å². The highest BCUT2D eigenvalue weighted by atomic mass is 19.1. The van der Waals surface area contributed by atoms with Gasteiger partial charge < -0.3 is 10.1 Å². The lowest BCUT2D eigenvalue weighted by molar-refractivity contribution is 0.0812. The number of likely N-dealkylation sites (tertiary alicyclic amines) is 1. The zero-order chi connectivity index (χ0) is 17.9. The first-order chi connectivity index (χ1) is 12.7. The Morgan fingerprint density at radius 2 is 1.88 bits per heavy atom. The normalized spacial score (nSPS) is 22.8. The summed E-state index contributed by atoms with van der Waals surface area (Å²) in [6.45, 7) is 4.33. The van der Waals surface area contributed by atoms with Crippen molar-refractivity contribution in [2.24, 2.45) is 5.92 Å². The molecule has 0 radical (unpaired) electrons. The van der Waals surface area contributed by atoms with Crippen LogP contribution >= 0.6 is 0 Å². The van der Waals surface area contributed by atoms with Crippen LogP contribution < -0.4 is 10.1 Å². The number of halogens is 2. The molecule has 5 heteroatoms. The second-order valence-electron chi connectivity index (χ2n) is 7.32. The second-order valence-corrected chi connectivity index (χ2v) is 7.32. The molecule has 1 heterocycles. The van der Waals surface area contributed by atoms with Crippen molar-refractivity contribution >= 4 is 0 Å². The summed E-state index contributed by atoms with van der Waals surface area (Å²) in [7, 11) is 0. The van der Waals surface area contributed by atoms with Crippen molar-refractivity contribution in [3.8, 4) is 5.75 Å². The van der Waals surface area contributed by atoms with Crippen molar-refractivity contribution in [2.45, 2.75) is 18.4 Å². The number of ether oxygens (including phenoxy) is 1. The van der Waals surface area contributed by atoms with Crippen LogP contribution in [0.4, 0.5) is 8.78 Å². The molecule has 0 aromatic heterocycles. The molecule has 26 heavy (non-hydrogen) atoms. The molecular weight excluding hydrogens is 334 g/mol. The fourth-order valence-electron chi connectivity index (χ4n) is 3.67. The Morgan fingerprint density at radius 3 is 2.65 bits per heavy atom.